The number of aryl methyl sites for hydroxylation is 4. The SMILES string of the molecule is Cc1cccc(C)c1N=CC1CCCC1C=Nc1c(C)cccc1C. The molecule has 0 amide bonds. The van der Waals surface area contributed by atoms with Gasteiger partial charge in [0, 0.05) is 24.3 Å². The van der Waals surface area contributed by atoms with E-state index in [0.717, 1.165) is 11.4 Å². The number of para-hydroxylation sites is 2. The zero-order valence-electron chi connectivity index (χ0n) is 15.8. The average Bonchev–Trinajstić information content (AvgIpc) is 3.01. The molecule has 0 aromatic heterocycles. The van der Waals surface area contributed by atoms with Crippen LogP contribution < -0.4 is 0 Å². The third kappa shape index (κ3) is 4.07. The van der Waals surface area contributed by atoms with Gasteiger partial charge in [-0.25, -0.2) is 0 Å². The van der Waals surface area contributed by atoms with Crippen LogP contribution in [-0.2, 0) is 0 Å². The van der Waals surface area contributed by atoms with Crippen LogP contribution in [0.4, 0.5) is 11.4 Å². The Balaban J connectivity index is 1.77. The fourth-order valence-electron chi connectivity index (χ4n) is 3.75. The predicted molar refractivity (Wildman–Crippen MR) is 109 cm³/mol. The van der Waals surface area contributed by atoms with Crippen molar-refractivity contribution in [3.8, 4) is 0 Å². The molecule has 2 aromatic rings. The molecule has 25 heavy (non-hydrogen) atoms. The van der Waals surface area contributed by atoms with E-state index in [-0.39, 0.29) is 0 Å². The van der Waals surface area contributed by atoms with Crippen molar-refractivity contribution in [2.45, 2.75) is 47.0 Å². The van der Waals surface area contributed by atoms with Crippen molar-refractivity contribution < 1.29 is 0 Å². The number of hydrogen-bond acceptors (Lipinski definition) is 2. The van der Waals surface area contributed by atoms with E-state index in [1.54, 1.807) is 0 Å². The molecule has 1 fully saturated rings. The maximum Gasteiger partial charge on any atom is 0.0684 e. The Morgan fingerprint density at radius 3 is 1.40 bits per heavy atom. The van der Waals surface area contributed by atoms with Gasteiger partial charge < -0.3 is 0 Å². The molecule has 1 aliphatic carbocycles. The summed E-state index contributed by atoms with van der Waals surface area (Å²) in [4.78, 5) is 9.68. The summed E-state index contributed by atoms with van der Waals surface area (Å²) in [5.41, 5.74) is 7.23. The normalized spacial score (nSPS) is 20.8. The molecule has 0 N–H and O–H groups in total. The van der Waals surface area contributed by atoms with Crippen LogP contribution in [0.1, 0.15) is 41.5 Å². The van der Waals surface area contributed by atoms with E-state index in [1.165, 1.54) is 41.5 Å². The fraction of sp³-hybridized carbons (Fsp3) is 0.391. The summed E-state index contributed by atoms with van der Waals surface area (Å²) < 4.78 is 0. The van der Waals surface area contributed by atoms with E-state index >= 15 is 0 Å². The number of aliphatic imine (C=N–C) groups is 2. The van der Waals surface area contributed by atoms with Gasteiger partial charge in [-0.15, -0.1) is 0 Å². The molecule has 2 heteroatoms. The monoisotopic (exact) mass is 332 g/mol. The first kappa shape index (κ1) is 17.6. The van der Waals surface area contributed by atoms with Crippen LogP contribution in [0.5, 0.6) is 0 Å². The molecule has 2 nitrogen and oxygen atoms in total. The van der Waals surface area contributed by atoms with E-state index in [0.29, 0.717) is 11.8 Å². The molecule has 0 spiro atoms. The highest BCUT2D eigenvalue weighted by Gasteiger charge is 2.24. The van der Waals surface area contributed by atoms with Crippen LogP contribution >= 0.6 is 0 Å². The predicted octanol–water partition coefficient (Wildman–Crippen LogP) is 6.44. The summed E-state index contributed by atoms with van der Waals surface area (Å²) >= 11 is 0. The van der Waals surface area contributed by atoms with Crippen LogP contribution in [0, 0.1) is 39.5 Å². The number of benzene rings is 2. The van der Waals surface area contributed by atoms with Gasteiger partial charge >= 0.3 is 0 Å². The van der Waals surface area contributed by atoms with Gasteiger partial charge in [-0.05, 0) is 62.8 Å². The van der Waals surface area contributed by atoms with Gasteiger partial charge in [0.05, 0.1) is 11.4 Å². The Bertz CT molecular complexity index is 694. The molecule has 0 heterocycles. The van der Waals surface area contributed by atoms with Crippen molar-refractivity contribution in [3.05, 3.63) is 58.7 Å². The molecule has 0 radical (unpaired) electrons. The largest absolute Gasteiger partial charge is 0.260 e. The second-order valence-corrected chi connectivity index (χ2v) is 7.30. The average molecular weight is 332 g/mol. The summed E-state index contributed by atoms with van der Waals surface area (Å²) in [5.74, 6) is 0.985. The van der Waals surface area contributed by atoms with Gasteiger partial charge in [0.1, 0.15) is 0 Å². The van der Waals surface area contributed by atoms with Gasteiger partial charge in [0.25, 0.3) is 0 Å². The highest BCUT2D eigenvalue weighted by Crippen LogP contribution is 2.32. The van der Waals surface area contributed by atoms with Gasteiger partial charge in [-0.3, -0.25) is 9.98 Å². The Hall–Kier alpha value is -2.22. The number of rotatable bonds is 4. The van der Waals surface area contributed by atoms with Crippen LogP contribution in [0.2, 0.25) is 0 Å². The summed E-state index contributed by atoms with van der Waals surface area (Å²) in [6.07, 6.45) is 8.01. The Morgan fingerprint density at radius 1 is 0.680 bits per heavy atom. The molecule has 3 rings (SSSR count). The first-order valence-electron chi connectivity index (χ1n) is 9.27. The molecule has 1 saturated carbocycles. The van der Waals surface area contributed by atoms with Gasteiger partial charge in [-0.2, -0.15) is 0 Å². The minimum Gasteiger partial charge on any atom is -0.260 e. The van der Waals surface area contributed by atoms with Crippen molar-refractivity contribution in [1.82, 2.24) is 0 Å². The van der Waals surface area contributed by atoms with E-state index in [2.05, 4.69) is 76.5 Å². The molecule has 1 aliphatic rings. The molecule has 130 valence electrons. The smallest absolute Gasteiger partial charge is 0.0684 e. The first-order valence-corrected chi connectivity index (χ1v) is 9.27. The van der Waals surface area contributed by atoms with E-state index in [1.807, 2.05) is 0 Å². The molecule has 2 atom stereocenters. The lowest BCUT2D eigenvalue weighted by Gasteiger charge is -2.12. The fourth-order valence-corrected chi connectivity index (χ4v) is 3.75. The van der Waals surface area contributed by atoms with Crippen LogP contribution in [0.3, 0.4) is 0 Å². The molecule has 2 unspecified atom stereocenters. The summed E-state index contributed by atoms with van der Waals surface area (Å²) in [6.45, 7) is 8.53. The number of hydrogen-bond donors (Lipinski definition) is 0. The third-order valence-electron chi connectivity index (χ3n) is 5.29. The zero-order valence-corrected chi connectivity index (χ0v) is 15.8. The van der Waals surface area contributed by atoms with Crippen molar-refractivity contribution >= 4 is 23.8 Å². The Morgan fingerprint density at radius 2 is 1.04 bits per heavy atom. The minimum absolute atomic E-state index is 0.493. The lowest BCUT2D eigenvalue weighted by Crippen LogP contribution is -2.10. The molecule has 0 saturated heterocycles. The first-order chi connectivity index (χ1) is 12.1. The quantitative estimate of drug-likeness (QED) is 0.575. The van der Waals surface area contributed by atoms with Crippen LogP contribution in [0.25, 0.3) is 0 Å². The molecule has 0 bridgehead atoms. The van der Waals surface area contributed by atoms with E-state index in [4.69, 9.17) is 9.98 Å². The lowest BCUT2D eigenvalue weighted by atomic mass is 9.98. The van der Waals surface area contributed by atoms with Crippen molar-refractivity contribution in [2.75, 3.05) is 0 Å². The van der Waals surface area contributed by atoms with E-state index in [9.17, 15) is 0 Å². The van der Waals surface area contributed by atoms with Gasteiger partial charge in [0.2, 0.25) is 0 Å². The zero-order chi connectivity index (χ0) is 17.8. The lowest BCUT2D eigenvalue weighted by molar-refractivity contribution is 0.646. The van der Waals surface area contributed by atoms with Crippen LogP contribution in [-0.4, -0.2) is 12.4 Å². The highest BCUT2D eigenvalue weighted by molar-refractivity contribution is 5.77. The van der Waals surface area contributed by atoms with Gasteiger partial charge in [0.15, 0.2) is 0 Å². The molecule has 0 aliphatic heterocycles. The maximum atomic E-state index is 4.84. The molecular weight excluding hydrogens is 304 g/mol. The topological polar surface area (TPSA) is 24.7 Å². The summed E-state index contributed by atoms with van der Waals surface area (Å²) in [7, 11) is 0. The summed E-state index contributed by atoms with van der Waals surface area (Å²) in [5, 5.41) is 0. The van der Waals surface area contributed by atoms with Crippen molar-refractivity contribution in [3.63, 3.8) is 0 Å². The summed E-state index contributed by atoms with van der Waals surface area (Å²) in [6, 6.07) is 12.7. The third-order valence-corrected chi connectivity index (χ3v) is 5.29. The molecular formula is C23H28N2. The van der Waals surface area contributed by atoms with Crippen molar-refractivity contribution in [1.29, 1.82) is 0 Å². The highest BCUT2D eigenvalue weighted by atomic mass is 14.8. The Kier molecular flexibility index (Phi) is 5.47. The van der Waals surface area contributed by atoms with Gasteiger partial charge in [-0.1, -0.05) is 42.8 Å². The minimum atomic E-state index is 0.493. The molecule has 2 aromatic carbocycles. The second kappa shape index (κ2) is 7.77. The van der Waals surface area contributed by atoms with E-state index < -0.39 is 0 Å². The van der Waals surface area contributed by atoms with Crippen molar-refractivity contribution in [2.24, 2.45) is 21.8 Å². The second-order valence-electron chi connectivity index (χ2n) is 7.30. The maximum absolute atomic E-state index is 4.84. The number of nitrogens with zero attached hydrogens (tertiary/aromatic N) is 2. The van der Waals surface area contributed by atoms with Crippen LogP contribution in [0.15, 0.2) is 46.4 Å². The standard InChI is InChI=1S/C23H28N2/c1-16-8-5-9-17(2)22(16)24-14-20-12-7-13-21(20)15-25-23-18(3)10-6-11-19(23)4/h5-6,8-11,14-15,20-21H,7,12-13H2,1-4H3. The Labute approximate surface area is 151 Å².